The Morgan fingerprint density at radius 1 is 1.12 bits per heavy atom. The molecule has 5 nitrogen and oxygen atoms in total. The maximum atomic E-state index is 13.0. The summed E-state index contributed by atoms with van der Waals surface area (Å²) >= 11 is 7.02. The number of methoxy groups -OCH3 is 1. The molecule has 1 amide bonds. The molecule has 2 aromatic carbocycles. The van der Waals surface area contributed by atoms with Crippen LogP contribution in [0.2, 0.25) is 5.02 Å². The fraction of sp³-hybridized carbons (Fsp3) is 0.0909. The molecule has 0 saturated carbocycles. The van der Waals surface area contributed by atoms with Crippen molar-refractivity contribution < 1.29 is 27.1 Å². The number of nitrogens with zero attached hydrogens (tertiary/aromatic N) is 1. The van der Waals surface area contributed by atoms with E-state index in [9.17, 15) is 18.0 Å². The number of furan rings is 1. The fourth-order valence-corrected chi connectivity index (χ4v) is 3.82. The molecule has 1 fully saturated rings. The van der Waals surface area contributed by atoms with Crippen molar-refractivity contribution in [2.24, 2.45) is 4.99 Å². The van der Waals surface area contributed by atoms with Crippen LogP contribution < -0.4 is 10.1 Å². The Kier molecular flexibility index (Phi) is 6.03. The molecule has 0 spiro atoms. The first-order chi connectivity index (χ1) is 15.2. The minimum absolute atomic E-state index is 0.117. The maximum Gasteiger partial charge on any atom is 0.416 e. The summed E-state index contributed by atoms with van der Waals surface area (Å²) in [4.78, 5) is 16.8. The lowest BCUT2D eigenvalue weighted by Crippen LogP contribution is -2.18. The van der Waals surface area contributed by atoms with Gasteiger partial charge in [-0.3, -0.25) is 4.79 Å². The van der Waals surface area contributed by atoms with Crippen molar-refractivity contribution in [3.63, 3.8) is 0 Å². The molecule has 1 aromatic heterocycles. The van der Waals surface area contributed by atoms with Crippen LogP contribution in [0.25, 0.3) is 17.4 Å². The Morgan fingerprint density at radius 2 is 1.88 bits per heavy atom. The molecular formula is C22H14ClF3N2O3S. The van der Waals surface area contributed by atoms with Crippen molar-refractivity contribution in [2.45, 2.75) is 6.18 Å². The summed E-state index contributed by atoms with van der Waals surface area (Å²) in [6.45, 7) is 0. The number of ether oxygens (including phenoxy) is 1. The van der Waals surface area contributed by atoms with E-state index in [1.807, 2.05) is 0 Å². The summed E-state index contributed by atoms with van der Waals surface area (Å²) in [6.07, 6.45) is -2.92. The first-order valence-corrected chi connectivity index (χ1v) is 10.3. The first kappa shape index (κ1) is 22.0. The number of halogens is 4. The zero-order valence-electron chi connectivity index (χ0n) is 16.4. The molecule has 3 aromatic rings. The number of hydrogen-bond donors (Lipinski definition) is 1. The number of amidine groups is 1. The third-order valence-electron chi connectivity index (χ3n) is 4.43. The van der Waals surface area contributed by atoms with E-state index < -0.39 is 11.7 Å². The average molecular weight is 479 g/mol. The lowest BCUT2D eigenvalue weighted by molar-refractivity contribution is -0.137. The van der Waals surface area contributed by atoms with Gasteiger partial charge in [-0.25, -0.2) is 4.99 Å². The molecule has 1 aliphatic heterocycles. The summed E-state index contributed by atoms with van der Waals surface area (Å²) in [7, 11) is 1.56. The molecule has 0 unspecified atom stereocenters. The van der Waals surface area contributed by atoms with Crippen molar-refractivity contribution in [1.29, 1.82) is 0 Å². The van der Waals surface area contributed by atoms with Gasteiger partial charge in [-0.1, -0.05) is 11.6 Å². The molecule has 1 aliphatic rings. The molecule has 0 radical (unpaired) electrons. The molecule has 1 N–H and O–H groups in total. The average Bonchev–Trinajstić information content (AvgIpc) is 3.34. The Hall–Kier alpha value is -3.17. The number of aliphatic imine (C=N–C) groups is 1. The molecule has 10 heteroatoms. The van der Waals surface area contributed by atoms with Crippen molar-refractivity contribution in [3.05, 3.63) is 75.8 Å². The lowest BCUT2D eigenvalue weighted by atomic mass is 10.1. The highest BCUT2D eigenvalue weighted by molar-refractivity contribution is 8.18. The van der Waals surface area contributed by atoms with Crippen molar-refractivity contribution >= 4 is 46.2 Å². The lowest BCUT2D eigenvalue weighted by Gasteiger charge is -2.09. The van der Waals surface area contributed by atoms with Gasteiger partial charge in [0, 0.05) is 5.56 Å². The van der Waals surface area contributed by atoms with Gasteiger partial charge in [0.2, 0.25) is 0 Å². The zero-order chi connectivity index (χ0) is 22.9. The number of hydrogen-bond acceptors (Lipinski definition) is 5. The van der Waals surface area contributed by atoms with Crippen molar-refractivity contribution in [3.8, 4) is 17.1 Å². The Balaban J connectivity index is 1.64. The van der Waals surface area contributed by atoms with Crippen LogP contribution in [0, 0.1) is 0 Å². The fourth-order valence-electron chi connectivity index (χ4n) is 2.89. The van der Waals surface area contributed by atoms with Crippen molar-refractivity contribution in [1.82, 2.24) is 5.32 Å². The maximum absolute atomic E-state index is 13.0. The van der Waals surface area contributed by atoms with Gasteiger partial charge in [0.15, 0.2) is 0 Å². The Labute approximate surface area is 189 Å². The molecule has 0 aliphatic carbocycles. The first-order valence-electron chi connectivity index (χ1n) is 9.13. The number of amides is 1. The van der Waals surface area contributed by atoms with Crippen LogP contribution in [0.1, 0.15) is 11.3 Å². The van der Waals surface area contributed by atoms with Crippen LogP contribution in [-0.4, -0.2) is 18.2 Å². The van der Waals surface area contributed by atoms with Gasteiger partial charge in [0.25, 0.3) is 5.24 Å². The highest BCUT2D eigenvalue weighted by Crippen LogP contribution is 2.37. The number of rotatable bonds is 4. The van der Waals surface area contributed by atoms with E-state index in [2.05, 4.69) is 10.3 Å². The van der Waals surface area contributed by atoms with Gasteiger partial charge in [-0.05, 0) is 72.4 Å². The number of carbonyl (C=O) groups is 1. The summed E-state index contributed by atoms with van der Waals surface area (Å²) in [5.74, 6) is 1.50. The van der Waals surface area contributed by atoms with Gasteiger partial charge in [-0.15, -0.1) is 0 Å². The smallest absolute Gasteiger partial charge is 0.416 e. The van der Waals surface area contributed by atoms with Gasteiger partial charge in [0.1, 0.15) is 23.1 Å². The van der Waals surface area contributed by atoms with Crippen LogP contribution >= 0.6 is 23.4 Å². The molecule has 0 atom stereocenters. The van der Waals surface area contributed by atoms with Crippen LogP contribution in [0.5, 0.6) is 5.75 Å². The quantitative estimate of drug-likeness (QED) is 0.432. The van der Waals surface area contributed by atoms with Crippen molar-refractivity contribution in [2.75, 3.05) is 7.11 Å². The van der Waals surface area contributed by atoms with Gasteiger partial charge < -0.3 is 14.5 Å². The van der Waals surface area contributed by atoms with E-state index in [4.69, 9.17) is 20.8 Å². The topological polar surface area (TPSA) is 63.8 Å². The number of alkyl halides is 3. The monoisotopic (exact) mass is 478 g/mol. The summed E-state index contributed by atoms with van der Waals surface area (Å²) in [5, 5.41) is 2.48. The normalized spacial score (nSPS) is 16.6. The summed E-state index contributed by atoms with van der Waals surface area (Å²) in [6, 6.07) is 13.1. The minimum Gasteiger partial charge on any atom is -0.497 e. The molecule has 2 heterocycles. The second kappa shape index (κ2) is 8.76. The Bertz CT molecular complexity index is 1230. The van der Waals surface area contributed by atoms with E-state index in [1.54, 1.807) is 43.5 Å². The van der Waals surface area contributed by atoms with Crippen LogP contribution in [0.3, 0.4) is 0 Å². The SMILES string of the molecule is COc1ccc(N=C2NC(=O)SC2=Cc2ccc(-c3cc(C(F)(F)F)ccc3Cl)o2)cc1. The number of benzene rings is 2. The zero-order valence-corrected chi connectivity index (χ0v) is 17.9. The standard InChI is InChI=1S/C22H14ClF3N2O3S/c1-30-14-5-3-13(4-6-14)27-20-19(32-21(29)28-20)11-15-7-9-18(31-15)16-10-12(22(24,25)26)2-8-17(16)23/h2-11H,1H3,(H,27,28,29). The predicted octanol–water partition coefficient (Wildman–Crippen LogP) is 7.15. The van der Waals surface area contributed by atoms with E-state index in [-0.39, 0.29) is 21.6 Å². The number of carbonyl (C=O) groups excluding carboxylic acids is 1. The molecular weight excluding hydrogens is 465 g/mol. The van der Waals surface area contributed by atoms with Crippen LogP contribution in [0.4, 0.5) is 23.7 Å². The summed E-state index contributed by atoms with van der Waals surface area (Å²) in [5.41, 5.74) is -0.111. The number of thioether (sulfide) groups is 1. The Morgan fingerprint density at radius 3 is 2.56 bits per heavy atom. The molecule has 32 heavy (non-hydrogen) atoms. The highest BCUT2D eigenvalue weighted by Gasteiger charge is 2.31. The largest absolute Gasteiger partial charge is 0.497 e. The predicted molar refractivity (Wildman–Crippen MR) is 118 cm³/mol. The third-order valence-corrected chi connectivity index (χ3v) is 5.58. The minimum atomic E-state index is -4.50. The second-order valence-corrected chi connectivity index (χ2v) is 8.00. The molecule has 1 saturated heterocycles. The van der Waals surface area contributed by atoms with Gasteiger partial charge in [0.05, 0.1) is 28.3 Å². The molecule has 0 bridgehead atoms. The van der Waals surface area contributed by atoms with Gasteiger partial charge in [-0.2, -0.15) is 13.2 Å². The van der Waals surface area contributed by atoms with E-state index in [0.29, 0.717) is 27.9 Å². The molecule has 4 rings (SSSR count). The second-order valence-electron chi connectivity index (χ2n) is 6.58. The van der Waals surface area contributed by atoms with E-state index in [1.165, 1.54) is 12.1 Å². The summed E-state index contributed by atoms with van der Waals surface area (Å²) < 4.78 is 49.9. The van der Waals surface area contributed by atoms with Gasteiger partial charge >= 0.3 is 6.18 Å². The third kappa shape index (κ3) is 4.84. The van der Waals surface area contributed by atoms with E-state index in [0.717, 1.165) is 23.9 Å². The van der Waals surface area contributed by atoms with E-state index >= 15 is 0 Å². The highest BCUT2D eigenvalue weighted by atomic mass is 35.5. The van der Waals surface area contributed by atoms with Crippen LogP contribution in [0.15, 0.2) is 68.9 Å². The number of nitrogens with one attached hydrogen (secondary N) is 1. The molecule has 164 valence electrons. The van der Waals surface area contributed by atoms with Crippen LogP contribution in [-0.2, 0) is 6.18 Å².